The predicted octanol–water partition coefficient (Wildman–Crippen LogP) is 6.90. The third-order valence-corrected chi connectivity index (χ3v) is 8.82. The smallest absolute Gasteiger partial charge is 0.180 e. The van der Waals surface area contributed by atoms with Gasteiger partial charge in [0.05, 0.1) is 18.7 Å². The molecule has 3 aromatic carbocycles. The maximum Gasteiger partial charge on any atom is 0.180 e. The van der Waals surface area contributed by atoms with Crippen molar-refractivity contribution in [2.45, 2.75) is 45.7 Å². The molecule has 1 fully saturated rings. The van der Waals surface area contributed by atoms with E-state index in [4.69, 9.17) is 4.74 Å². The lowest BCUT2D eigenvalue weighted by Crippen LogP contribution is -2.49. The molecule has 3 aliphatic rings. The molecule has 39 heavy (non-hydrogen) atoms. The SMILES string of the molecule is CCOc1ccccc1[C@H]1[C@H](C(=O)C(C)(C)C)N2c3ccc(Br)cc3C=C[C@H]2C12C(=O)c1ccccc1C2=O. The normalized spacial score (nSPS) is 22.6. The summed E-state index contributed by atoms with van der Waals surface area (Å²) in [5.41, 5.74) is 1.05. The predicted molar refractivity (Wildman–Crippen MR) is 156 cm³/mol. The van der Waals surface area contributed by atoms with Gasteiger partial charge < -0.3 is 9.64 Å². The maximum absolute atomic E-state index is 14.7. The summed E-state index contributed by atoms with van der Waals surface area (Å²) in [5.74, 6) is -0.662. The second-order valence-corrected chi connectivity index (χ2v) is 12.4. The largest absolute Gasteiger partial charge is 0.494 e. The van der Waals surface area contributed by atoms with Crippen molar-refractivity contribution in [2.75, 3.05) is 11.5 Å². The quantitative estimate of drug-likeness (QED) is 0.313. The van der Waals surface area contributed by atoms with Gasteiger partial charge in [-0.3, -0.25) is 14.4 Å². The van der Waals surface area contributed by atoms with Crippen molar-refractivity contribution in [1.29, 1.82) is 0 Å². The molecule has 3 atom stereocenters. The minimum absolute atomic E-state index is 0.0265. The van der Waals surface area contributed by atoms with Crippen molar-refractivity contribution in [3.8, 4) is 5.75 Å². The molecule has 3 aromatic rings. The fraction of sp³-hybridized carbons (Fsp3) is 0.303. The Hall–Kier alpha value is -3.51. The van der Waals surface area contributed by atoms with Crippen molar-refractivity contribution >= 4 is 45.0 Å². The number of hydrogen-bond donors (Lipinski definition) is 0. The highest BCUT2D eigenvalue weighted by Crippen LogP contribution is 2.62. The van der Waals surface area contributed by atoms with Gasteiger partial charge in [-0.15, -0.1) is 0 Å². The highest BCUT2D eigenvalue weighted by atomic mass is 79.9. The van der Waals surface area contributed by atoms with Crippen LogP contribution in [0.4, 0.5) is 5.69 Å². The first-order valence-electron chi connectivity index (χ1n) is 13.3. The highest BCUT2D eigenvalue weighted by molar-refractivity contribution is 9.10. The zero-order valence-electron chi connectivity index (χ0n) is 22.4. The molecule has 6 rings (SSSR count). The molecule has 2 aliphatic heterocycles. The van der Waals surface area contributed by atoms with Gasteiger partial charge in [-0.25, -0.2) is 0 Å². The van der Waals surface area contributed by atoms with Gasteiger partial charge in [0.2, 0.25) is 0 Å². The van der Waals surface area contributed by atoms with Crippen molar-refractivity contribution in [2.24, 2.45) is 10.8 Å². The fourth-order valence-electron chi connectivity index (χ4n) is 6.76. The summed E-state index contributed by atoms with van der Waals surface area (Å²) in [6, 6.07) is 19.1. The minimum Gasteiger partial charge on any atom is -0.494 e. The van der Waals surface area contributed by atoms with Crippen LogP contribution in [-0.4, -0.2) is 36.0 Å². The lowest BCUT2D eigenvalue weighted by Gasteiger charge is -2.38. The molecule has 2 heterocycles. The van der Waals surface area contributed by atoms with E-state index in [2.05, 4.69) is 15.9 Å². The Labute approximate surface area is 237 Å². The van der Waals surface area contributed by atoms with E-state index in [0.717, 1.165) is 15.7 Å². The molecule has 1 saturated heterocycles. The van der Waals surface area contributed by atoms with E-state index in [-0.39, 0.29) is 17.3 Å². The van der Waals surface area contributed by atoms with E-state index in [1.165, 1.54) is 0 Å². The van der Waals surface area contributed by atoms with Crippen molar-refractivity contribution in [1.82, 2.24) is 0 Å². The lowest BCUT2D eigenvalue weighted by molar-refractivity contribution is -0.127. The summed E-state index contributed by atoms with van der Waals surface area (Å²) in [6.07, 6.45) is 3.92. The van der Waals surface area contributed by atoms with Gasteiger partial charge in [-0.2, -0.15) is 0 Å². The van der Waals surface area contributed by atoms with Gasteiger partial charge in [0, 0.05) is 38.2 Å². The average molecular weight is 585 g/mol. The lowest BCUT2D eigenvalue weighted by atomic mass is 9.63. The average Bonchev–Trinajstić information content (AvgIpc) is 3.34. The number of ketones is 3. The number of nitrogens with zero attached hydrogens (tertiary/aromatic N) is 1. The van der Waals surface area contributed by atoms with Gasteiger partial charge in [0.25, 0.3) is 0 Å². The third-order valence-electron chi connectivity index (χ3n) is 8.33. The van der Waals surface area contributed by atoms with Crippen molar-refractivity contribution < 1.29 is 19.1 Å². The monoisotopic (exact) mass is 583 g/mol. The van der Waals surface area contributed by atoms with Crippen LogP contribution in [0.5, 0.6) is 5.75 Å². The van der Waals surface area contributed by atoms with Crippen molar-refractivity contribution in [3.05, 3.63) is 99.5 Å². The molecule has 0 radical (unpaired) electrons. The standard InChI is InChI=1S/C33H30BrNO4/c1-5-39-25-13-9-8-12-23(25)27-28(31(38)32(2,3)4)35-24-16-15-20(34)18-19(24)14-17-26(35)33(27)29(36)21-10-6-7-11-22(21)30(33)37/h6-18,26-28H,5H2,1-4H3/t26-,27-,28+/m0/s1. The Kier molecular flexibility index (Phi) is 5.96. The van der Waals surface area contributed by atoms with E-state index in [1.54, 1.807) is 24.3 Å². The van der Waals surface area contributed by atoms with Crippen molar-refractivity contribution in [3.63, 3.8) is 0 Å². The van der Waals surface area contributed by atoms with Crippen LogP contribution < -0.4 is 9.64 Å². The van der Waals surface area contributed by atoms with E-state index in [0.29, 0.717) is 29.0 Å². The molecule has 0 N–H and O–H groups in total. The molecule has 1 aliphatic carbocycles. The number of Topliss-reactive ketones (excluding diaryl/α,β-unsaturated/α-hetero) is 3. The molecule has 0 aromatic heterocycles. The summed E-state index contributed by atoms with van der Waals surface area (Å²) in [5, 5.41) is 0. The summed E-state index contributed by atoms with van der Waals surface area (Å²) in [7, 11) is 0. The third kappa shape index (κ3) is 3.53. The molecule has 0 bridgehead atoms. The molecular weight excluding hydrogens is 554 g/mol. The van der Waals surface area contributed by atoms with Crippen LogP contribution in [0, 0.1) is 10.8 Å². The number of para-hydroxylation sites is 1. The van der Waals surface area contributed by atoms with Crippen LogP contribution in [0.25, 0.3) is 6.08 Å². The van der Waals surface area contributed by atoms with Crippen LogP contribution in [-0.2, 0) is 4.79 Å². The Morgan fingerprint density at radius 3 is 2.26 bits per heavy atom. The van der Waals surface area contributed by atoms with Crippen LogP contribution in [0.1, 0.15) is 65.5 Å². The van der Waals surface area contributed by atoms with Crippen LogP contribution in [0.3, 0.4) is 0 Å². The first-order chi connectivity index (χ1) is 18.6. The molecule has 198 valence electrons. The zero-order valence-corrected chi connectivity index (χ0v) is 24.0. The molecule has 0 unspecified atom stereocenters. The summed E-state index contributed by atoms with van der Waals surface area (Å²) in [6.45, 7) is 8.02. The van der Waals surface area contributed by atoms with Gasteiger partial charge in [-0.1, -0.05) is 91.3 Å². The Balaban J connectivity index is 1.72. The summed E-state index contributed by atoms with van der Waals surface area (Å²) < 4.78 is 6.99. The number of halogens is 1. The molecule has 1 spiro atoms. The number of anilines is 1. The first kappa shape index (κ1) is 25.8. The van der Waals surface area contributed by atoms with Gasteiger partial charge in [0.1, 0.15) is 11.2 Å². The van der Waals surface area contributed by atoms with Crippen LogP contribution in [0.2, 0.25) is 0 Å². The summed E-state index contributed by atoms with van der Waals surface area (Å²) >= 11 is 3.57. The number of carbonyl (C=O) groups excluding carboxylic acids is 3. The van der Waals surface area contributed by atoms with Gasteiger partial charge in [-0.05, 0) is 36.8 Å². The molecule has 6 heteroatoms. The molecule has 5 nitrogen and oxygen atoms in total. The highest BCUT2D eigenvalue weighted by Gasteiger charge is 2.72. The Bertz CT molecular complexity index is 1530. The van der Waals surface area contributed by atoms with Gasteiger partial charge >= 0.3 is 0 Å². The number of hydrogen-bond acceptors (Lipinski definition) is 5. The minimum atomic E-state index is -1.52. The number of ether oxygens (including phenoxy) is 1. The molecular formula is C33H30BrNO4. The Morgan fingerprint density at radius 2 is 1.62 bits per heavy atom. The maximum atomic E-state index is 14.7. The first-order valence-corrected chi connectivity index (χ1v) is 14.1. The fourth-order valence-corrected chi connectivity index (χ4v) is 7.14. The molecule has 0 saturated carbocycles. The number of rotatable bonds is 4. The van der Waals surface area contributed by atoms with E-state index in [1.807, 2.05) is 87.2 Å². The number of carbonyl (C=O) groups is 3. The topological polar surface area (TPSA) is 63.7 Å². The number of fused-ring (bicyclic) bond motifs is 5. The zero-order chi connectivity index (χ0) is 27.7. The summed E-state index contributed by atoms with van der Waals surface area (Å²) in [4.78, 5) is 45.9. The number of benzene rings is 3. The van der Waals surface area contributed by atoms with E-state index >= 15 is 0 Å². The van der Waals surface area contributed by atoms with E-state index < -0.39 is 28.8 Å². The van der Waals surface area contributed by atoms with E-state index in [9.17, 15) is 14.4 Å². The second-order valence-electron chi connectivity index (χ2n) is 11.5. The van der Waals surface area contributed by atoms with Gasteiger partial charge in [0.15, 0.2) is 17.3 Å². The van der Waals surface area contributed by atoms with Crippen LogP contribution >= 0.6 is 15.9 Å². The second kappa shape index (κ2) is 9.02. The Morgan fingerprint density at radius 1 is 0.974 bits per heavy atom. The van der Waals surface area contributed by atoms with Crippen LogP contribution in [0.15, 0.2) is 77.3 Å². The molecule has 0 amide bonds.